The summed E-state index contributed by atoms with van der Waals surface area (Å²) in [5.74, 6) is -0.0113. The van der Waals surface area contributed by atoms with Gasteiger partial charge in [0, 0.05) is 12.1 Å². The van der Waals surface area contributed by atoms with Gasteiger partial charge in [-0.15, -0.1) is 0 Å². The van der Waals surface area contributed by atoms with Crippen LogP contribution in [0.2, 0.25) is 0 Å². The second kappa shape index (κ2) is 5.50. The van der Waals surface area contributed by atoms with Crippen LogP contribution in [0.4, 0.5) is 0 Å². The number of carbonyl (C=O) groups is 1. The highest BCUT2D eigenvalue weighted by Crippen LogP contribution is 2.21. The van der Waals surface area contributed by atoms with Crippen molar-refractivity contribution in [3.63, 3.8) is 0 Å². The summed E-state index contributed by atoms with van der Waals surface area (Å²) in [5.41, 5.74) is 1.80. The third-order valence-corrected chi connectivity index (χ3v) is 2.93. The Labute approximate surface area is 107 Å². The van der Waals surface area contributed by atoms with E-state index in [-0.39, 0.29) is 5.91 Å². The van der Waals surface area contributed by atoms with Crippen LogP contribution in [0.1, 0.15) is 29.3 Å². The van der Waals surface area contributed by atoms with E-state index in [2.05, 4.69) is 11.9 Å². The van der Waals surface area contributed by atoms with Gasteiger partial charge in [-0.2, -0.15) is 0 Å². The molecule has 2 aromatic carbocycles. The van der Waals surface area contributed by atoms with Gasteiger partial charge in [-0.1, -0.05) is 43.8 Å². The summed E-state index contributed by atoms with van der Waals surface area (Å²) in [6.07, 6.45) is 2.78. The van der Waals surface area contributed by atoms with E-state index in [9.17, 15) is 4.79 Å². The molecule has 18 heavy (non-hydrogen) atoms. The fraction of sp³-hybridized carbons (Fsp3) is 0.188. The number of rotatable bonds is 4. The first kappa shape index (κ1) is 12.4. The number of nitrogens with one attached hydrogen (secondary N) is 1. The van der Waals surface area contributed by atoms with E-state index < -0.39 is 0 Å². The van der Waals surface area contributed by atoms with Gasteiger partial charge in [0.2, 0.25) is 0 Å². The molecule has 0 spiro atoms. The molecule has 0 aliphatic rings. The minimum absolute atomic E-state index is 0.0113. The van der Waals surface area contributed by atoms with Gasteiger partial charge in [-0.3, -0.25) is 4.79 Å². The number of benzene rings is 2. The number of hydrogen-bond donors (Lipinski definition) is 1. The maximum atomic E-state index is 11.9. The normalized spacial score (nSPS) is 10.3. The molecule has 0 aliphatic heterocycles. The van der Waals surface area contributed by atoms with E-state index in [1.54, 1.807) is 0 Å². The zero-order valence-corrected chi connectivity index (χ0v) is 10.6. The van der Waals surface area contributed by atoms with E-state index in [0.717, 1.165) is 22.8 Å². The second-order valence-electron chi connectivity index (χ2n) is 4.24. The summed E-state index contributed by atoms with van der Waals surface area (Å²) >= 11 is 0. The van der Waals surface area contributed by atoms with Crippen LogP contribution >= 0.6 is 0 Å². The molecular weight excluding hydrogens is 222 g/mol. The van der Waals surface area contributed by atoms with Crippen LogP contribution < -0.4 is 5.32 Å². The van der Waals surface area contributed by atoms with Crippen molar-refractivity contribution in [2.75, 3.05) is 6.54 Å². The molecule has 0 bridgehead atoms. The molecule has 0 unspecified atom stereocenters. The third-order valence-electron chi connectivity index (χ3n) is 2.93. The predicted octanol–water partition coefficient (Wildman–Crippen LogP) is 3.62. The number of carbonyl (C=O) groups excluding carboxylic acids is 1. The SMILES string of the molecule is C=Cc1cccc2cc(C(=O)NCCC)ccc12. The molecular formula is C16H17NO. The molecule has 0 atom stereocenters. The van der Waals surface area contributed by atoms with Crippen LogP contribution in [0.5, 0.6) is 0 Å². The predicted molar refractivity (Wildman–Crippen MR) is 76.7 cm³/mol. The van der Waals surface area contributed by atoms with Crippen LogP contribution in [0.3, 0.4) is 0 Å². The molecule has 2 rings (SSSR count). The second-order valence-corrected chi connectivity index (χ2v) is 4.24. The standard InChI is InChI=1S/C16H17NO/c1-3-10-17-16(18)14-8-9-15-12(4-2)6-5-7-13(15)11-14/h4-9,11H,2-3,10H2,1H3,(H,17,18). The fourth-order valence-electron chi connectivity index (χ4n) is 1.97. The van der Waals surface area contributed by atoms with Crippen LogP contribution in [-0.2, 0) is 0 Å². The summed E-state index contributed by atoms with van der Waals surface area (Å²) in [7, 11) is 0. The Morgan fingerprint density at radius 3 is 2.89 bits per heavy atom. The van der Waals surface area contributed by atoms with Gasteiger partial charge in [0.25, 0.3) is 5.91 Å². The lowest BCUT2D eigenvalue weighted by Gasteiger charge is -2.06. The molecule has 2 aromatic rings. The maximum Gasteiger partial charge on any atom is 0.251 e. The Hall–Kier alpha value is -2.09. The van der Waals surface area contributed by atoms with Crippen molar-refractivity contribution < 1.29 is 4.79 Å². The summed E-state index contributed by atoms with van der Waals surface area (Å²) in [5, 5.41) is 5.07. The van der Waals surface area contributed by atoms with Crippen LogP contribution in [-0.4, -0.2) is 12.5 Å². The third kappa shape index (κ3) is 2.43. The van der Waals surface area contributed by atoms with Crippen LogP contribution in [0, 0.1) is 0 Å². The first-order valence-electron chi connectivity index (χ1n) is 6.19. The summed E-state index contributed by atoms with van der Waals surface area (Å²) in [6.45, 7) is 6.55. The molecule has 1 N–H and O–H groups in total. The Kier molecular flexibility index (Phi) is 3.78. The van der Waals surface area contributed by atoms with Crippen molar-refractivity contribution >= 4 is 22.8 Å². The Balaban J connectivity index is 2.39. The van der Waals surface area contributed by atoms with Gasteiger partial charge in [0.15, 0.2) is 0 Å². The van der Waals surface area contributed by atoms with Crippen molar-refractivity contribution in [1.82, 2.24) is 5.32 Å². The minimum atomic E-state index is -0.0113. The smallest absolute Gasteiger partial charge is 0.251 e. The minimum Gasteiger partial charge on any atom is -0.352 e. The van der Waals surface area contributed by atoms with Crippen LogP contribution in [0.15, 0.2) is 43.0 Å². The largest absolute Gasteiger partial charge is 0.352 e. The van der Waals surface area contributed by atoms with Crippen molar-refractivity contribution in [2.45, 2.75) is 13.3 Å². The molecule has 1 amide bonds. The highest BCUT2D eigenvalue weighted by molar-refractivity contribution is 6.00. The molecule has 0 radical (unpaired) electrons. The summed E-state index contributed by atoms with van der Waals surface area (Å²) in [4.78, 5) is 11.9. The monoisotopic (exact) mass is 239 g/mol. The molecule has 0 saturated carbocycles. The average Bonchev–Trinajstić information content (AvgIpc) is 2.43. The first-order valence-corrected chi connectivity index (χ1v) is 6.19. The fourth-order valence-corrected chi connectivity index (χ4v) is 1.97. The Morgan fingerprint density at radius 2 is 2.17 bits per heavy atom. The van der Waals surface area contributed by atoms with Gasteiger partial charge >= 0.3 is 0 Å². The van der Waals surface area contributed by atoms with Crippen LogP contribution in [0.25, 0.3) is 16.8 Å². The molecule has 2 nitrogen and oxygen atoms in total. The number of amides is 1. The van der Waals surface area contributed by atoms with Gasteiger partial charge in [-0.05, 0) is 34.9 Å². The highest BCUT2D eigenvalue weighted by atomic mass is 16.1. The van der Waals surface area contributed by atoms with E-state index in [4.69, 9.17) is 0 Å². The lowest BCUT2D eigenvalue weighted by Crippen LogP contribution is -2.23. The Morgan fingerprint density at radius 1 is 1.33 bits per heavy atom. The zero-order chi connectivity index (χ0) is 13.0. The molecule has 0 heterocycles. The maximum absolute atomic E-state index is 11.9. The van der Waals surface area contributed by atoms with Crippen molar-refractivity contribution in [3.05, 3.63) is 54.1 Å². The highest BCUT2D eigenvalue weighted by Gasteiger charge is 2.06. The summed E-state index contributed by atoms with van der Waals surface area (Å²) < 4.78 is 0. The van der Waals surface area contributed by atoms with Gasteiger partial charge in [-0.25, -0.2) is 0 Å². The Bertz CT molecular complexity index is 587. The number of hydrogen-bond acceptors (Lipinski definition) is 1. The first-order chi connectivity index (χ1) is 8.76. The van der Waals surface area contributed by atoms with Gasteiger partial charge in [0.1, 0.15) is 0 Å². The quantitative estimate of drug-likeness (QED) is 0.867. The lowest BCUT2D eigenvalue weighted by molar-refractivity contribution is 0.0954. The molecule has 0 saturated heterocycles. The molecule has 0 aliphatic carbocycles. The van der Waals surface area contributed by atoms with E-state index in [1.165, 1.54) is 0 Å². The van der Waals surface area contributed by atoms with E-state index in [0.29, 0.717) is 12.1 Å². The van der Waals surface area contributed by atoms with Gasteiger partial charge < -0.3 is 5.32 Å². The lowest BCUT2D eigenvalue weighted by atomic mass is 10.0. The van der Waals surface area contributed by atoms with Gasteiger partial charge in [0.05, 0.1) is 0 Å². The average molecular weight is 239 g/mol. The number of fused-ring (bicyclic) bond motifs is 1. The zero-order valence-electron chi connectivity index (χ0n) is 10.6. The van der Waals surface area contributed by atoms with E-state index >= 15 is 0 Å². The topological polar surface area (TPSA) is 29.1 Å². The molecule has 92 valence electrons. The van der Waals surface area contributed by atoms with Crippen molar-refractivity contribution in [3.8, 4) is 0 Å². The van der Waals surface area contributed by atoms with E-state index in [1.807, 2.05) is 49.4 Å². The molecule has 0 fully saturated rings. The van der Waals surface area contributed by atoms with Crippen molar-refractivity contribution in [2.24, 2.45) is 0 Å². The molecule has 2 heteroatoms. The molecule has 0 aromatic heterocycles. The van der Waals surface area contributed by atoms with Crippen molar-refractivity contribution in [1.29, 1.82) is 0 Å². The summed E-state index contributed by atoms with van der Waals surface area (Å²) in [6, 6.07) is 11.8.